The molecular formula is C12H18ClFN2. The number of nitrogens with one attached hydrogen (secondary N) is 1. The summed E-state index contributed by atoms with van der Waals surface area (Å²) in [5.74, 6) is -0.260. The maximum atomic E-state index is 13.3. The van der Waals surface area contributed by atoms with Gasteiger partial charge in [0.1, 0.15) is 5.82 Å². The zero-order valence-corrected chi connectivity index (χ0v) is 10.5. The fourth-order valence-corrected chi connectivity index (χ4v) is 1.69. The standard InChI is InChI=1S/C12H18ClFN2/c1-3-16(4-2)8-7-15-12-9-10(13)5-6-11(12)14/h5-6,9,15H,3-4,7-8H2,1-2H3. The molecule has 0 atom stereocenters. The van der Waals surface area contributed by atoms with E-state index in [2.05, 4.69) is 24.1 Å². The molecule has 0 heterocycles. The number of hydrogen-bond acceptors (Lipinski definition) is 2. The van der Waals surface area contributed by atoms with E-state index in [9.17, 15) is 4.39 Å². The Morgan fingerprint density at radius 3 is 2.62 bits per heavy atom. The quantitative estimate of drug-likeness (QED) is 0.827. The van der Waals surface area contributed by atoms with Gasteiger partial charge in [-0.2, -0.15) is 0 Å². The van der Waals surface area contributed by atoms with Crippen molar-refractivity contribution in [2.24, 2.45) is 0 Å². The Labute approximate surface area is 101 Å². The Morgan fingerprint density at radius 1 is 1.31 bits per heavy atom. The molecule has 0 aromatic heterocycles. The van der Waals surface area contributed by atoms with Gasteiger partial charge in [0, 0.05) is 18.1 Å². The van der Waals surface area contributed by atoms with Crippen LogP contribution in [0.5, 0.6) is 0 Å². The van der Waals surface area contributed by atoms with Crippen LogP contribution in [0.2, 0.25) is 5.02 Å². The molecule has 1 aromatic carbocycles. The van der Waals surface area contributed by atoms with Gasteiger partial charge in [-0.15, -0.1) is 0 Å². The zero-order valence-electron chi connectivity index (χ0n) is 9.76. The molecule has 1 N–H and O–H groups in total. The van der Waals surface area contributed by atoms with E-state index in [0.717, 1.165) is 26.2 Å². The number of anilines is 1. The first-order chi connectivity index (χ1) is 7.67. The lowest BCUT2D eigenvalue weighted by atomic mass is 10.3. The maximum absolute atomic E-state index is 13.3. The molecule has 0 amide bonds. The van der Waals surface area contributed by atoms with Crippen LogP contribution in [-0.2, 0) is 0 Å². The average molecular weight is 245 g/mol. The topological polar surface area (TPSA) is 15.3 Å². The number of likely N-dealkylation sites (N-methyl/N-ethyl adjacent to an activating group) is 1. The van der Waals surface area contributed by atoms with Gasteiger partial charge >= 0.3 is 0 Å². The SMILES string of the molecule is CCN(CC)CCNc1cc(Cl)ccc1F. The summed E-state index contributed by atoms with van der Waals surface area (Å²) in [7, 11) is 0. The molecule has 0 fully saturated rings. The largest absolute Gasteiger partial charge is 0.381 e. The van der Waals surface area contributed by atoms with Crippen molar-refractivity contribution in [3.05, 3.63) is 29.0 Å². The second kappa shape index (κ2) is 6.71. The molecule has 1 rings (SSSR count). The van der Waals surface area contributed by atoms with E-state index >= 15 is 0 Å². The van der Waals surface area contributed by atoms with E-state index in [4.69, 9.17) is 11.6 Å². The second-order valence-electron chi connectivity index (χ2n) is 3.58. The van der Waals surface area contributed by atoms with Gasteiger partial charge in [-0.3, -0.25) is 0 Å². The van der Waals surface area contributed by atoms with Crippen LogP contribution in [0.3, 0.4) is 0 Å². The molecule has 0 bridgehead atoms. The third-order valence-electron chi connectivity index (χ3n) is 2.57. The summed E-state index contributed by atoms with van der Waals surface area (Å²) in [4.78, 5) is 2.27. The van der Waals surface area contributed by atoms with E-state index in [-0.39, 0.29) is 5.82 Å². The summed E-state index contributed by atoms with van der Waals surface area (Å²) >= 11 is 5.80. The predicted octanol–water partition coefficient (Wildman–Crippen LogP) is 3.23. The number of nitrogens with zero attached hydrogens (tertiary/aromatic N) is 1. The van der Waals surface area contributed by atoms with Crippen molar-refractivity contribution in [1.82, 2.24) is 4.90 Å². The Bertz CT molecular complexity index is 327. The van der Waals surface area contributed by atoms with Crippen LogP contribution in [0, 0.1) is 5.82 Å². The van der Waals surface area contributed by atoms with Crippen molar-refractivity contribution in [2.75, 3.05) is 31.5 Å². The molecule has 0 spiro atoms. The highest BCUT2D eigenvalue weighted by atomic mass is 35.5. The predicted molar refractivity (Wildman–Crippen MR) is 67.7 cm³/mol. The van der Waals surface area contributed by atoms with Gasteiger partial charge in [0.05, 0.1) is 5.69 Å². The van der Waals surface area contributed by atoms with Crippen molar-refractivity contribution >= 4 is 17.3 Å². The van der Waals surface area contributed by atoms with Gasteiger partial charge in [-0.1, -0.05) is 25.4 Å². The van der Waals surface area contributed by atoms with Gasteiger partial charge in [-0.05, 0) is 31.3 Å². The number of halogens is 2. The minimum atomic E-state index is -0.260. The van der Waals surface area contributed by atoms with Crippen molar-refractivity contribution in [3.63, 3.8) is 0 Å². The smallest absolute Gasteiger partial charge is 0.146 e. The van der Waals surface area contributed by atoms with Crippen LogP contribution in [0.4, 0.5) is 10.1 Å². The molecule has 2 nitrogen and oxygen atoms in total. The van der Waals surface area contributed by atoms with Crippen LogP contribution < -0.4 is 5.32 Å². The van der Waals surface area contributed by atoms with Gasteiger partial charge < -0.3 is 10.2 Å². The van der Waals surface area contributed by atoms with Crippen LogP contribution in [0.15, 0.2) is 18.2 Å². The molecule has 4 heteroatoms. The first kappa shape index (κ1) is 13.3. The molecule has 1 aromatic rings. The lowest BCUT2D eigenvalue weighted by Crippen LogP contribution is -2.28. The summed E-state index contributed by atoms with van der Waals surface area (Å²) in [6, 6.07) is 4.54. The number of hydrogen-bond donors (Lipinski definition) is 1. The van der Waals surface area contributed by atoms with Crippen LogP contribution in [-0.4, -0.2) is 31.1 Å². The minimum Gasteiger partial charge on any atom is -0.381 e. The van der Waals surface area contributed by atoms with Gasteiger partial charge in [0.25, 0.3) is 0 Å². The summed E-state index contributed by atoms with van der Waals surface area (Å²) < 4.78 is 13.3. The molecule has 0 saturated carbocycles. The highest BCUT2D eigenvalue weighted by Gasteiger charge is 2.03. The first-order valence-electron chi connectivity index (χ1n) is 5.58. The third-order valence-corrected chi connectivity index (χ3v) is 2.80. The third kappa shape index (κ3) is 3.99. The molecule has 0 aliphatic carbocycles. The maximum Gasteiger partial charge on any atom is 0.146 e. The minimum absolute atomic E-state index is 0.260. The normalized spacial score (nSPS) is 10.8. The van der Waals surface area contributed by atoms with E-state index in [1.54, 1.807) is 12.1 Å². The second-order valence-corrected chi connectivity index (χ2v) is 4.01. The first-order valence-corrected chi connectivity index (χ1v) is 5.96. The van der Waals surface area contributed by atoms with Gasteiger partial charge in [-0.25, -0.2) is 4.39 Å². The molecular weight excluding hydrogens is 227 g/mol. The highest BCUT2D eigenvalue weighted by molar-refractivity contribution is 6.30. The fourth-order valence-electron chi connectivity index (χ4n) is 1.52. The molecule has 0 aliphatic heterocycles. The van der Waals surface area contributed by atoms with Crippen LogP contribution in [0.25, 0.3) is 0 Å². The molecule has 0 radical (unpaired) electrons. The van der Waals surface area contributed by atoms with Crippen molar-refractivity contribution in [1.29, 1.82) is 0 Å². The average Bonchev–Trinajstić information content (AvgIpc) is 2.29. The zero-order chi connectivity index (χ0) is 12.0. The Kier molecular flexibility index (Phi) is 5.56. The van der Waals surface area contributed by atoms with E-state index in [1.165, 1.54) is 6.07 Å². The van der Waals surface area contributed by atoms with Crippen molar-refractivity contribution in [3.8, 4) is 0 Å². The fraction of sp³-hybridized carbons (Fsp3) is 0.500. The number of rotatable bonds is 6. The Balaban J connectivity index is 2.45. The highest BCUT2D eigenvalue weighted by Crippen LogP contribution is 2.19. The molecule has 0 unspecified atom stereocenters. The monoisotopic (exact) mass is 244 g/mol. The molecule has 16 heavy (non-hydrogen) atoms. The van der Waals surface area contributed by atoms with Crippen LogP contribution in [0.1, 0.15) is 13.8 Å². The van der Waals surface area contributed by atoms with Gasteiger partial charge in [0.15, 0.2) is 0 Å². The van der Waals surface area contributed by atoms with Crippen molar-refractivity contribution in [2.45, 2.75) is 13.8 Å². The molecule has 90 valence electrons. The van der Waals surface area contributed by atoms with Gasteiger partial charge in [0.2, 0.25) is 0 Å². The summed E-state index contributed by atoms with van der Waals surface area (Å²) in [5, 5.41) is 3.60. The number of benzene rings is 1. The summed E-state index contributed by atoms with van der Waals surface area (Å²) in [5.41, 5.74) is 0.472. The van der Waals surface area contributed by atoms with Crippen LogP contribution >= 0.6 is 11.6 Å². The summed E-state index contributed by atoms with van der Waals surface area (Å²) in [6.45, 7) is 7.87. The molecule has 0 saturated heterocycles. The van der Waals surface area contributed by atoms with E-state index in [0.29, 0.717) is 10.7 Å². The Morgan fingerprint density at radius 2 is 2.00 bits per heavy atom. The lowest BCUT2D eigenvalue weighted by molar-refractivity contribution is 0.316. The Hall–Kier alpha value is -0.800. The summed E-state index contributed by atoms with van der Waals surface area (Å²) in [6.07, 6.45) is 0. The van der Waals surface area contributed by atoms with Crippen molar-refractivity contribution < 1.29 is 4.39 Å². The lowest BCUT2D eigenvalue weighted by Gasteiger charge is -2.18. The molecule has 0 aliphatic rings. The van der Waals surface area contributed by atoms with E-state index < -0.39 is 0 Å². The van der Waals surface area contributed by atoms with E-state index in [1.807, 2.05) is 0 Å².